The fourth-order valence-electron chi connectivity index (χ4n) is 5.42. The lowest BCUT2D eigenvalue weighted by molar-refractivity contribution is 0.327. The molecule has 0 radical (unpaired) electrons. The first-order chi connectivity index (χ1) is 18.2. The van der Waals surface area contributed by atoms with Crippen molar-refractivity contribution in [2.24, 2.45) is 5.92 Å². The summed E-state index contributed by atoms with van der Waals surface area (Å²) in [6.45, 7) is 22.6. The van der Waals surface area contributed by atoms with Gasteiger partial charge in [-0.1, -0.05) is 130 Å². The first kappa shape index (κ1) is 29.4. The maximum absolute atomic E-state index is 5.03. The smallest absolute Gasteiger partial charge is 0.144 e. The monoisotopic (exact) mass is 508 g/mol. The topological polar surface area (TPSA) is 17.8 Å². The molecule has 0 saturated heterocycles. The average Bonchev–Trinajstić information content (AvgIpc) is 3.42. The molecule has 3 aromatic carbocycles. The van der Waals surface area contributed by atoms with E-state index in [1.807, 2.05) is 20.0 Å². The molecule has 4 aromatic rings. The van der Waals surface area contributed by atoms with Gasteiger partial charge >= 0.3 is 0 Å². The second-order valence-corrected chi connectivity index (χ2v) is 11.3. The van der Waals surface area contributed by atoms with Crippen LogP contribution in [0.3, 0.4) is 0 Å². The van der Waals surface area contributed by atoms with Crippen molar-refractivity contribution < 1.29 is 0 Å². The number of benzene rings is 3. The van der Waals surface area contributed by atoms with Gasteiger partial charge in [-0.05, 0) is 63.5 Å². The van der Waals surface area contributed by atoms with Crippen LogP contribution in [0, 0.1) is 5.92 Å². The summed E-state index contributed by atoms with van der Waals surface area (Å²) in [5, 5.41) is 0. The summed E-state index contributed by atoms with van der Waals surface area (Å²) in [5.74, 6) is 2.36. The van der Waals surface area contributed by atoms with Crippen molar-refractivity contribution in [3.63, 3.8) is 0 Å². The van der Waals surface area contributed by atoms with Crippen molar-refractivity contribution in [2.45, 2.75) is 92.9 Å². The lowest BCUT2D eigenvalue weighted by Gasteiger charge is -2.35. The maximum atomic E-state index is 5.03. The second kappa shape index (κ2) is 12.6. The molecular formula is C36H48N2. The highest BCUT2D eigenvalue weighted by atomic mass is 15.1. The van der Waals surface area contributed by atoms with Crippen LogP contribution < -0.4 is 0 Å². The van der Waals surface area contributed by atoms with E-state index in [1.165, 1.54) is 39.1 Å². The summed E-state index contributed by atoms with van der Waals surface area (Å²) in [6, 6.07) is 24.5. The van der Waals surface area contributed by atoms with Gasteiger partial charge in [0.15, 0.2) is 0 Å². The lowest BCUT2D eigenvalue weighted by atomic mass is 9.69. The molecule has 1 unspecified atom stereocenters. The number of hydrogen-bond acceptors (Lipinski definition) is 1. The molecule has 2 nitrogen and oxygen atoms in total. The fraction of sp³-hybridized carbons (Fsp3) is 0.417. The molecule has 38 heavy (non-hydrogen) atoms. The zero-order chi connectivity index (χ0) is 28.0. The lowest BCUT2D eigenvalue weighted by Crippen LogP contribution is -2.28. The van der Waals surface area contributed by atoms with Crippen LogP contribution in [0.5, 0.6) is 0 Å². The average molecular weight is 509 g/mol. The summed E-state index contributed by atoms with van der Waals surface area (Å²) >= 11 is 0. The molecule has 202 valence electrons. The quantitative estimate of drug-likeness (QED) is 0.231. The normalized spacial score (nSPS) is 13.0. The molecule has 0 aliphatic carbocycles. The molecule has 0 spiro atoms. The van der Waals surface area contributed by atoms with E-state index < -0.39 is 0 Å². The Balaban J connectivity index is 0.00000195. The van der Waals surface area contributed by atoms with Gasteiger partial charge in [0.05, 0.1) is 5.69 Å². The number of aromatic nitrogens is 2. The van der Waals surface area contributed by atoms with E-state index in [2.05, 4.69) is 133 Å². The molecule has 4 rings (SSSR count). The minimum absolute atomic E-state index is 0.0414. The Kier molecular flexibility index (Phi) is 9.77. The van der Waals surface area contributed by atoms with Gasteiger partial charge in [-0.25, -0.2) is 4.98 Å². The van der Waals surface area contributed by atoms with Gasteiger partial charge < -0.3 is 0 Å². The van der Waals surface area contributed by atoms with Gasteiger partial charge in [0, 0.05) is 18.0 Å². The third-order valence-electron chi connectivity index (χ3n) is 8.22. The minimum Gasteiger partial charge on any atom is -0.299 e. The first-order valence-corrected chi connectivity index (χ1v) is 14.6. The standard InChI is InChI=1S/C34H42N2.C2H6/c1-9-34(8,25(6)7)31-19-18-27(26-14-11-10-12-15-26)22-30(31)33-35-20-21-36(33)32-28(23(2)3)16-13-17-29(32)24(4)5;1-2/h10-25H,9H2,1-8H3;1-2H3. The van der Waals surface area contributed by atoms with Crippen LogP contribution in [-0.2, 0) is 5.41 Å². The van der Waals surface area contributed by atoms with Crippen molar-refractivity contribution in [1.29, 1.82) is 0 Å². The summed E-state index contributed by atoms with van der Waals surface area (Å²) in [7, 11) is 0. The van der Waals surface area contributed by atoms with Crippen molar-refractivity contribution >= 4 is 0 Å². The molecule has 0 bridgehead atoms. The number of nitrogens with zero attached hydrogens (tertiary/aromatic N) is 2. The van der Waals surface area contributed by atoms with Crippen LogP contribution in [0.4, 0.5) is 0 Å². The van der Waals surface area contributed by atoms with Gasteiger partial charge in [-0.15, -0.1) is 0 Å². The number of rotatable bonds is 8. The van der Waals surface area contributed by atoms with E-state index in [9.17, 15) is 0 Å². The Morgan fingerprint density at radius 3 is 1.89 bits per heavy atom. The van der Waals surface area contributed by atoms with E-state index in [0.717, 1.165) is 12.2 Å². The highest BCUT2D eigenvalue weighted by Gasteiger charge is 2.32. The summed E-state index contributed by atoms with van der Waals surface area (Å²) < 4.78 is 2.36. The molecule has 1 aromatic heterocycles. The molecule has 0 aliphatic rings. The van der Waals surface area contributed by atoms with Gasteiger partial charge in [0.2, 0.25) is 0 Å². The zero-order valence-electron chi connectivity index (χ0n) is 25.3. The number of imidazole rings is 1. The second-order valence-electron chi connectivity index (χ2n) is 11.3. The predicted octanol–water partition coefficient (Wildman–Crippen LogP) is 10.8. The van der Waals surface area contributed by atoms with Crippen LogP contribution in [0.15, 0.2) is 79.1 Å². The van der Waals surface area contributed by atoms with Crippen molar-refractivity contribution in [1.82, 2.24) is 9.55 Å². The molecular weight excluding hydrogens is 460 g/mol. The molecule has 0 amide bonds. The van der Waals surface area contributed by atoms with E-state index in [4.69, 9.17) is 4.98 Å². The van der Waals surface area contributed by atoms with Crippen LogP contribution in [0.25, 0.3) is 28.2 Å². The number of hydrogen-bond donors (Lipinski definition) is 0. The van der Waals surface area contributed by atoms with E-state index in [1.54, 1.807) is 0 Å². The van der Waals surface area contributed by atoms with Gasteiger partial charge in [-0.2, -0.15) is 0 Å². The third-order valence-corrected chi connectivity index (χ3v) is 8.22. The van der Waals surface area contributed by atoms with Crippen molar-refractivity contribution in [3.8, 4) is 28.2 Å². The summed E-state index contributed by atoms with van der Waals surface area (Å²) in [4.78, 5) is 5.03. The van der Waals surface area contributed by atoms with Crippen LogP contribution in [0.2, 0.25) is 0 Å². The van der Waals surface area contributed by atoms with Gasteiger partial charge in [-0.3, -0.25) is 4.57 Å². The Morgan fingerprint density at radius 1 is 0.763 bits per heavy atom. The molecule has 1 heterocycles. The molecule has 0 N–H and O–H groups in total. The molecule has 0 saturated carbocycles. The maximum Gasteiger partial charge on any atom is 0.144 e. The fourth-order valence-corrected chi connectivity index (χ4v) is 5.42. The highest BCUT2D eigenvalue weighted by Crippen LogP contribution is 2.43. The van der Waals surface area contributed by atoms with Crippen LogP contribution in [0.1, 0.15) is 104 Å². The SMILES string of the molecule is CC.CCC(C)(c1ccc(-c2ccccc2)cc1-c1nccn1-c1c(C(C)C)cccc1C(C)C)C(C)C. The highest BCUT2D eigenvalue weighted by molar-refractivity contribution is 5.75. The van der Waals surface area contributed by atoms with Crippen molar-refractivity contribution in [3.05, 3.63) is 95.8 Å². The molecule has 2 heteroatoms. The van der Waals surface area contributed by atoms with Gasteiger partial charge in [0.1, 0.15) is 5.82 Å². The van der Waals surface area contributed by atoms with Crippen LogP contribution in [-0.4, -0.2) is 9.55 Å². The first-order valence-electron chi connectivity index (χ1n) is 14.6. The Bertz CT molecular complexity index is 1280. The minimum atomic E-state index is 0.0414. The Labute approximate surface area is 232 Å². The van der Waals surface area contributed by atoms with E-state index >= 15 is 0 Å². The zero-order valence-corrected chi connectivity index (χ0v) is 25.3. The Hall–Kier alpha value is -3.13. The number of para-hydroxylation sites is 1. The van der Waals surface area contributed by atoms with Crippen LogP contribution >= 0.6 is 0 Å². The van der Waals surface area contributed by atoms with E-state index in [0.29, 0.717) is 17.8 Å². The molecule has 1 atom stereocenters. The van der Waals surface area contributed by atoms with Crippen molar-refractivity contribution in [2.75, 3.05) is 0 Å². The van der Waals surface area contributed by atoms with E-state index in [-0.39, 0.29) is 5.41 Å². The van der Waals surface area contributed by atoms with Gasteiger partial charge in [0.25, 0.3) is 0 Å². The Morgan fingerprint density at radius 2 is 1.37 bits per heavy atom. The largest absolute Gasteiger partial charge is 0.299 e. The summed E-state index contributed by atoms with van der Waals surface area (Å²) in [5.41, 5.74) is 9.12. The third kappa shape index (κ3) is 5.65. The summed E-state index contributed by atoms with van der Waals surface area (Å²) in [6.07, 6.45) is 5.19. The predicted molar refractivity (Wildman–Crippen MR) is 166 cm³/mol. The molecule has 0 fully saturated rings. The molecule has 0 aliphatic heterocycles.